The predicted octanol–water partition coefficient (Wildman–Crippen LogP) is -0.0927. The Morgan fingerprint density at radius 1 is 1.27 bits per heavy atom. The second-order valence-electron chi connectivity index (χ2n) is 5.70. The van der Waals surface area contributed by atoms with Gasteiger partial charge in [-0.2, -0.15) is 0 Å². The molecule has 7 nitrogen and oxygen atoms in total. The number of hydrogen-bond acceptors (Lipinski definition) is 4. The Labute approximate surface area is 129 Å². The minimum absolute atomic E-state index is 0.173. The quantitative estimate of drug-likeness (QED) is 0.823. The molecule has 2 heterocycles. The van der Waals surface area contributed by atoms with Crippen LogP contribution in [0.15, 0.2) is 27.9 Å². The Balaban J connectivity index is 1.91. The fraction of sp³-hybridized carbons (Fsp3) is 0.500. The maximum Gasteiger partial charge on any atom is 0.328 e. The van der Waals surface area contributed by atoms with Gasteiger partial charge in [0.25, 0.3) is 0 Å². The summed E-state index contributed by atoms with van der Waals surface area (Å²) in [6.45, 7) is 1.32. The number of sulfonamides is 1. The topological polar surface area (TPSA) is 85.1 Å². The molecule has 22 heavy (non-hydrogen) atoms. The SMILES string of the molecule is Cn1c(=O)n(C)c2cc(S(=O)(=O)NCC3CCCN3)ccc21. The van der Waals surface area contributed by atoms with Crippen LogP contribution in [0.25, 0.3) is 11.0 Å². The van der Waals surface area contributed by atoms with Crippen molar-refractivity contribution in [2.45, 2.75) is 23.8 Å². The van der Waals surface area contributed by atoms with Crippen molar-refractivity contribution in [3.05, 3.63) is 28.7 Å². The van der Waals surface area contributed by atoms with Gasteiger partial charge in [-0.15, -0.1) is 0 Å². The summed E-state index contributed by atoms with van der Waals surface area (Å²) in [4.78, 5) is 12.1. The second kappa shape index (κ2) is 5.53. The molecular weight excluding hydrogens is 304 g/mol. The molecule has 8 heteroatoms. The molecule has 0 aliphatic carbocycles. The third-order valence-corrected chi connectivity index (χ3v) is 5.66. The molecule has 2 aromatic rings. The van der Waals surface area contributed by atoms with Crippen LogP contribution in [-0.4, -0.2) is 36.7 Å². The summed E-state index contributed by atoms with van der Waals surface area (Å²) in [5.41, 5.74) is 1.14. The van der Waals surface area contributed by atoms with Crippen molar-refractivity contribution in [3.63, 3.8) is 0 Å². The molecule has 3 rings (SSSR count). The summed E-state index contributed by atoms with van der Waals surface area (Å²) in [6.07, 6.45) is 2.05. The molecule has 1 aliphatic heterocycles. The van der Waals surface area contributed by atoms with Crippen molar-refractivity contribution < 1.29 is 8.42 Å². The summed E-state index contributed by atoms with van der Waals surface area (Å²) < 4.78 is 30.4. The number of imidazole rings is 1. The van der Waals surface area contributed by atoms with Crippen LogP contribution < -0.4 is 15.7 Å². The second-order valence-corrected chi connectivity index (χ2v) is 7.46. The lowest BCUT2D eigenvalue weighted by molar-refractivity contribution is 0.552. The number of fused-ring (bicyclic) bond motifs is 1. The van der Waals surface area contributed by atoms with E-state index in [0.717, 1.165) is 19.4 Å². The van der Waals surface area contributed by atoms with Crippen molar-refractivity contribution in [1.29, 1.82) is 0 Å². The molecule has 0 radical (unpaired) electrons. The first-order valence-corrected chi connectivity index (χ1v) is 8.77. The van der Waals surface area contributed by atoms with E-state index in [9.17, 15) is 13.2 Å². The van der Waals surface area contributed by atoms with E-state index >= 15 is 0 Å². The van der Waals surface area contributed by atoms with Gasteiger partial charge in [-0.3, -0.25) is 9.13 Å². The molecule has 120 valence electrons. The zero-order chi connectivity index (χ0) is 15.9. The van der Waals surface area contributed by atoms with Gasteiger partial charge in [0.2, 0.25) is 10.0 Å². The molecule has 1 saturated heterocycles. The fourth-order valence-electron chi connectivity index (χ4n) is 2.88. The number of hydrogen-bond donors (Lipinski definition) is 2. The van der Waals surface area contributed by atoms with Gasteiger partial charge in [0, 0.05) is 26.7 Å². The maximum absolute atomic E-state index is 12.4. The Kier molecular flexibility index (Phi) is 3.84. The summed E-state index contributed by atoms with van der Waals surface area (Å²) in [5.74, 6) is 0. The molecule has 1 unspecified atom stereocenters. The van der Waals surface area contributed by atoms with Crippen molar-refractivity contribution in [2.75, 3.05) is 13.1 Å². The number of rotatable bonds is 4. The zero-order valence-electron chi connectivity index (χ0n) is 12.7. The highest BCUT2D eigenvalue weighted by molar-refractivity contribution is 7.89. The van der Waals surface area contributed by atoms with Crippen LogP contribution in [0, 0.1) is 0 Å². The monoisotopic (exact) mass is 324 g/mol. The minimum Gasteiger partial charge on any atom is -0.313 e. The average Bonchev–Trinajstić information content (AvgIpc) is 3.09. The first-order chi connectivity index (χ1) is 10.4. The molecule has 1 aromatic heterocycles. The highest BCUT2D eigenvalue weighted by Gasteiger charge is 2.20. The van der Waals surface area contributed by atoms with E-state index in [-0.39, 0.29) is 16.6 Å². The minimum atomic E-state index is -3.57. The van der Waals surface area contributed by atoms with Crippen LogP contribution in [0.1, 0.15) is 12.8 Å². The van der Waals surface area contributed by atoms with Gasteiger partial charge in [0.15, 0.2) is 0 Å². The number of aryl methyl sites for hydroxylation is 2. The van der Waals surface area contributed by atoms with E-state index in [0.29, 0.717) is 17.6 Å². The third-order valence-electron chi connectivity index (χ3n) is 4.24. The smallest absolute Gasteiger partial charge is 0.313 e. The van der Waals surface area contributed by atoms with Gasteiger partial charge < -0.3 is 5.32 Å². The summed E-state index contributed by atoms with van der Waals surface area (Å²) >= 11 is 0. The lowest BCUT2D eigenvalue weighted by Crippen LogP contribution is -2.37. The standard InChI is InChI=1S/C14H20N4O3S/c1-17-12-6-5-11(8-13(12)18(2)14(17)19)22(20,21)16-9-10-4-3-7-15-10/h5-6,8,10,15-16H,3-4,7,9H2,1-2H3. The highest BCUT2D eigenvalue weighted by Crippen LogP contribution is 2.18. The lowest BCUT2D eigenvalue weighted by Gasteiger charge is -2.12. The van der Waals surface area contributed by atoms with Gasteiger partial charge in [-0.25, -0.2) is 17.9 Å². The van der Waals surface area contributed by atoms with Crippen molar-refractivity contribution in [2.24, 2.45) is 14.1 Å². The van der Waals surface area contributed by atoms with Crippen molar-refractivity contribution >= 4 is 21.1 Å². The van der Waals surface area contributed by atoms with E-state index in [1.54, 1.807) is 26.2 Å². The Bertz CT molecular complexity index is 860. The fourth-order valence-corrected chi connectivity index (χ4v) is 3.98. The summed E-state index contributed by atoms with van der Waals surface area (Å²) in [6, 6.07) is 4.94. The number of aromatic nitrogens is 2. The van der Waals surface area contributed by atoms with E-state index < -0.39 is 10.0 Å². The van der Waals surface area contributed by atoms with Crippen LogP contribution >= 0.6 is 0 Å². The van der Waals surface area contributed by atoms with E-state index in [4.69, 9.17) is 0 Å². The number of nitrogens with one attached hydrogen (secondary N) is 2. The lowest BCUT2D eigenvalue weighted by atomic mass is 10.2. The molecular formula is C14H20N4O3S. The first-order valence-electron chi connectivity index (χ1n) is 7.28. The normalized spacial score (nSPS) is 19.1. The average molecular weight is 324 g/mol. The van der Waals surface area contributed by atoms with Gasteiger partial charge in [-0.1, -0.05) is 0 Å². The number of nitrogens with zero attached hydrogens (tertiary/aromatic N) is 2. The van der Waals surface area contributed by atoms with Gasteiger partial charge in [0.1, 0.15) is 0 Å². The zero-order valence-corrected chi connectivity index (χ0v) is 13.5. The van der Waals surface area contributed by atoms with Gasteiger partial charge in [0.05, 0.1) is 15.9 Å². The Morgan fingerprint density at radius 3 is 2.68 bits per heavy atom. The van der Waals surface area contributed by atoms with E-state index in [1.807, 2.05) is 0 Å². The Hall–Kier alpha value is -1.64. The predicted molar refractivity (Wildman–Crippen MR) is 84.4 cm³/mol. The van der Waals surface area contributed by atoms with Crippen molar-refractivity contribution in [3.8, 4) is 0 Å². The van der Waals surface area contributed by atoms with Gasteiger partial charge >= 0.3 is 5.69 Å². The van der Waals surface area contributed by atoms with E-state index in [2.05, 4.69) is 10.0 Å². The van der Waals surface area contributed by atoms with E-state index in [1.165, 1.54) is 15.2 Å². The summed E-state index contributed by atoms with van der Waals surface area (Å²) in [7, 11) is -0.269. The van der Waals surface area contributed by atoms with Crippen LogP contribution in [0.4, 0.5) is 0 Å². The van der Waals surface area contributed by atoms with Gasteiger partial charge in [-0.05, 0) is 37.6 Å². The first kappa shape index (κ1) is 15.3. The van der Waals surface area contributed by atoms with Crippen molar-refractivity contribution in [1.82, 2.24) is 19.2 Å². The maximum atomic E-state index is 12.4. The molecule has 2 N–H and O–H groups in total. The molecule has 1 aliphatic rings. The largest absolute Gasteiger partial charge is 0.328 e. The van der Waals surface area contributed by atoms with Crippen LogP contribution in [-0.2, 0) is 24.1 Å². The van der Waals surface area contributed by atoms with Crippen LogP contribution in [0.2, 0.25) is 0 Å². The summed E-state index contributed by atoms with van der Waals surface area (Å²) in [5, 5.41) is 3.25. The molecule has 0 bridgehead atoms. The number of benzene rings is 1. The molecule has 0 spiro atoms. The Morgan fingerprint density at radius 2 is 2.00 bits per heavy atom. The molecule has 0 amide bonds. The third kappa shape index (κ3) is 2.57. The molecule has 1 aromatic carbocycles. The highest BCUT2D eigenvalue weighted by atomic mass is 32.2. The molecule has 0 saturated carbocycles. The molecule has 1 atom stereocenters. The molecule has 1 fully saturated rings. The van der Waals surface area contributed by atoms with Crippen LogP contribution in [0.3, 0.4) is 0 Å². The van der Waals surface area contributed by atoms with Crippen LogP contribution in [0.5, 0.6) is 0 Å².